The van der Waals surface area contributed by atoms with Crippen LogP contribution in [0.15, 0.2) is 18.2 Å². The molecule has 0 spiro atoms. The van der Waals surface area contributed by atoms with Gasteiger partial charge >= 0.3 is 5.97 Å². The fraction of sp³-hybridized carbons (Fsp3) is 0.429. The molecular formula is C14H15ClN2O4S. The minimum Gasteiger partial charge on any atom is -0.454 e. The highest BCUT2D eigenvalue weighted by atomic mass is 35.5. The highest BCUT2D eigenvalue weighted by molar-refractivity contribution is 7.91. The molecule has 3 rings (SSSR count). The zero-order chi connectivity index (χ0) is 15.9. The van der Waals surface area contributed by atoms with Crippen LogP contribution in [0.4, 0.5) is 0 Å². The quantitative estimate of drug-likeness (QED) is 0.864. The van der Waals surface area contributed by atoms with E-state index in [1.807, 2.05) is 0 Å². The zero-order valence-corrected chi connectivity index (χ0v) is 13.4. The van der Waals surface area contributed by atoms with Crippen LogP contribution in [0, 0.1) is 5.92 Å². The minimum absolute atomic E-state index is 0.0459. The Labute approximate surface area is 132 Å². The predicted molar refractivity (Wildman–Crippen MR) is 82.4 cm³/mol. The lowest BCUT2D eigenvalue weighted by Crippen LogP contribution is -2.20. The maximum absolute atomic E-state index is 12.0. The summed E-state index contributed by atoms with van der Waals surface area (Å²) in [6, 6.07) is 5.25. The fourth-order valence-electron chi connectivity index (χ4n) is 2.50. The molecule has 1 aliphatic heterocycles. The molecular weight excluding hydrogens is 328 g/mol. The SMILES string of the molecule is C[C@H](OC(=O)[C@@H]1CCS(=O)(=O)C1)c1nc2ccc(Cl)cc2[nH]1. The molecule has 0 radical (unpaired) electrons. The molecule has 1 fully saturated rings. The first-order valence-electron chi connectivity index (χ1n) is 6.90. The van der Waals surface area contributed by atoms with E-state index < -0.39 is 27.8 Å². The normalized spacial score (nSPS) is 21.8. The lowest BCUT2D eigenvalue weighted by molar-refractivity contribution is -0.153. The third kappa shape index (κ3) is 3.10. The van der Waals surface area contributed by atoms with Crippen LogP contribution in [0.2, 0.25) is 5.02 Å². The molecule has 1 aromatic heterocycles. The van der Waals surface area contributed by atoms with Crippen molar-refractivity contribution in [2.75, 3.05) is 11.5 Å². The van der Waals surface area contributed by atoms with E-state index in [1.165, 1.54) is 0 Å². The molecule has 1 N–H and O–H groups in total. The number of halogens is 1. The smallest absolute Gasteiger partial charge is 0.310 e. The topological polar surface area (TPSA) is 89.1 Å². The maximum Gasteiger partial charge on any atom is 0.310 e. The Balaban J connectivity index is 1.73. The standard InChI is InChI=1S/C14H15ClN2O4S/c1-8(21-14(18)9-4-5-22(19,20)7-9)13-16-11-3-2-10(15)6-12(11)17-13/h2-3,6,8-9H,4-5,7H2,1H3,(H,16,17)/t8-,9+/m0/s1. The van der Waals surface area contributed by atoms with E-state index in [0.29, 0.717) is 17.3 Å². The van der Waals surface area contributed by atoms with E-state index in [4.69, 9.17) is 16.3 Å². The van der Waals surface area contributed by atoms with E-state index in [2.05, 4.69) is 9.97 Å². The van der Waals surface area contributed by atoms with Crippen molar-refractivity contribution in [3.8, 4) is 0 Å². The zero-order valence-electron chi connectivity index (χ0n) is 11.9. The Bertz CT molecular complexity index is 830. The number of nitrogens with one attached hydrogen (secondary N) is 1. The first-order chi connectivity index (χ1) is 10.3. The molecule has 1 aliphatic rings. The summed E-state index contributed by atoms with van der Waals surface area (Å²) in [5.41, 5.74) is 1.49. The Morgan fingerprint density at radius 3 is 2.95 bits per heavy atom. The van der Waals surface area contributed by atoms with Gasteiger partial charge in [0.25, 0.3) is 0 Å². The number of hydrogen-bond donors (Lipinski definition) is 1. The molecule has 1 aromatic carbocycles. The molecule has 2 atom stereocenters. The molecule has 0 amide bonds. The number of imidazole rings is 1. The van der Waals surface area contributed by atoms with Gasteiger partial charge in [-0.05, 0) is 31.5 Å². The second kappa shape index (κ2) is 5.55. The van der Waals surface area contributed by atoms with Crippen molar-refractivity contribution in [1.82, 2.24) is 9.97 Å². The van der Waals surface area contributed by atoms with Gasteiger partial charge in [-0.1, -0.05) is 11.6 Å². The summed E-state index contributed by atoms with van der Waals surface area (Å²) in [5, 5.41) is 0.587. The average Bonchev–Trinajstić information content (AvgIpc) is 3.01. The average molecular weight is 343 g/mol. The first-order valence-corrected chi connectivity index (χ1v) is 9.10. The number of esters is 1. The van der Waals surface area contributed by atoms with Crippen LogP contribution in [0.3, 0.4) is 0 Å². The number of carbonyl (C=O) groups excluding carboxylic acids is 1. The Morgan fingerprint density at radius 1 is 1.50 bits per heavy atom. The Hall–Kier alpha value is -1.60. The van der Waals surface area contributed by atoms with Gasteiger partial charge in [-0.15, -0.1) is 0 Å². The van der Waals surface area contributed by atoms with E-state index in [0.717, 1.165) is 11.0 Å². The number of benzene rings is 1. The van der Waals surface area contributed by atoms with Crippen LogP contribution in [-0.2, 0) is 19.4 Å². The van der Waals surface area contributed by atoms with Gasteiger partial charge in [0.15, 0.2) is 15.9 Å². The molecule has 0 bridgehead atoms. The van der Waals surface area contributed by atoms with Gasteiger partial charge in [0.1, 0.15) is 5.82 Å². The van der Waals surface area contributed by atoms with Gasteiger partial charge < -0.3 is 9.72 Å². The number of hydrogen-bond acceptors (Lipinski definition) is 5. The lowest BCUT2D eigenvalue weighted by Gasteiger charge is -2.13. The third-order valence-corrected chi connectivity index (χ3v) is 5.71. The number of rotatable bonds is 3. The van der Waals surface area contributed by atoms with E-state index in [1.54, 1.807) is 25.1 Å². The Kier molecular flexibility index (Phi) is 3.86. The van der Waals surface area contributed by atoms with Gasteiger partial charge in [-0.3, -0.25) is 4.79 Å². The molecule has 2 aromatic rings. The van der Waals surface area contributed by atoms with Crippen molar-refractivity contribution in [3.05, 3.63) is 29.0 Å². The fourth-order valence-corrected chi connectivity index (χ4v) is 4.40. The van der Waals surface area contributed by atoms with Crippen LogP contribution in [0.1, 0.15) is 25.3 Å². The van der Waals surface area contributed by atoms with Gasteiger partial charge in [0.05, 0.1) is 28.5 Å². The minimum atomic E-state index is -3.11. The van der Waals surface area contributed by atoms with Crippen LogP contribution >= 0.6 is 11.6 Å². The number of sulfone groups is 1. The molecule has 0 unspecified atom stereocenters. The van der Waals surface area contributed by atoms with Crippen LogP contribution in [0.25, 0.3) is 11.0 Å². The summed E-state index contributed by atoms with van der Waals surface area (Å²) in [7, 11) is -3.11. The van der Waals surface area contributed by atoms with Gasteiger partial charge in [-0.25, -0.2) is 13.4 Å². The van der Waals surface area contributed by atoms with Crippen molar-refractivity contribution >= 4 is 38.4 Å². The molecule has 22 heavy (non-hydrogen) atoms. The van der Waals surface area contributed by atoms with Crippen LogP contribution < -0.4 is 0 Å². The van der Waals surface area contributed by atoms with Crippen molar-refractivity contribution in [2.45, 2.75) is 19.4 Å². The molecule has 8 heteroatoms. The number of aromatic amines is 1. The third-order valence-electron chi connectivity index (χ3n) is 3.71. The number of ether oxygens (including phenoxy) is 1. The molecule has 2 heterocycles. The number of H-pyrrole nitrogens is 1. The highest BCUT2D eigenvalue weighted by Gasteiger charge is 2.35. The monoisotopic (exact) mass is 342 g/mol. The largest absolute Gasteiger partial charge is 0.454 e. The number of nitrogens with zero attached hydrogens (tertiary/aromatic N) is 1. The molecule has 1 saturated heterocycles. The molecule has 0 saturated carbocycles. The summed E-state index contributed by atoms with van der Waals surface area (Å²) >= 11 is 5.91. The highest BCUT2D eigenvalue weighted by Crippen LogP contribution is 2.25. The molecule has 6 nitrogen and oxygen atoms in total. The van der Waals surface area contributed by atoms with Crippen LogP contribution in [-0.4, -0.2) is 35.9 Å². The summed E-state index contributed by atoms with van der Waals surface area (Å²) in [4.78, 5) is 19.4. The molecule has 0 aliphatic carbocycles. The van der Waals surface area contributed by atoms with E-state index >= 15 is 0 Å². The van der Waals surface area contributed by atoms with Crippen molar-refractivity contribution in [1.29, 1.82) is 0 Å². The Morgan fingerprint density at radius 2 is 2.27 bits per heavy atom. The second-order valence-corrected chi connectivity index (χ2v) is 8.13. The summed E-state index contributed by atoms with van der Waals surface area (Å²) < 4.78 is 28.2. The summed E-state index contributed by atoms with van der Waals surface area (Å²) in [6.07, 6.45) is -0.258. The van der Waals surface area contributed by atoms with E-state index in [-0.39, 0.29) is 11.5 Å². The summed E-state index contributed by atoms with van der Waals surface area (Å²) in [5.74, 6) is -0.650. The van der Waals surface area contributed by atoms with Gasteiger partial charge in [-0.2, -0.15) is 0 Å². The van der Waals surface area contributed by atoms with Crippen molar-refractivity contribution in [3.63, 3.8) is 0 Å². The molecule has 118 valence electrons. The summed E-state index contributed by atoms with van der Waals surface area (Å²) in [6.45, 7) is 1.70. The van der Waals surface area contributed by atoms with Crippen molar-refractivity contribution < 1.29 is 17.9 Å². The van der Waals surface area contributed by atoms with Gasteiger partial charge in [0.2, 0.25) is 0 Å². The van der Waals surface area contributed by atoms with E-state index in [9.17, 15) is 13.2 Å². The predicted octanol–water partition coefficient (Wildman–Crippen LogP) is 2.26. The van der Waals surface area contributed by atoms with Crippen LogP contribution in [0.5, 0.6) is 0 Å². The first kappa shape index (κ1) is 15.3. The number of aromatic nitrogens is 2. The number of fused-ring (bicyclic) bond motifs is 1. The van der Waals surface area contributed by atoms with Crippen molar-refractivity contribution in [2.24, 2.45) is 5.92 Å². The lowest BCUT2D eigenvalue weighted by atomic mass is 10.1. The number of carbonyl (C=O) groups is 1. The second-order valence-electron chi connectivity index (χ2n) is 5.46. The maximum atomic E-state index is 12.0. The van der Waals surface area contributed by atoms with Gasteiger partial charge in [0, 0.05) is 5.02 Å².